The molecule has 0 aromatic heterocycles. The van der Waals surface area contributed by atoms with Crippen LogP contribution in [0.4, 0.5) is 0 Å². The molecule has 0 saturated heterocycles. The van der Waals surface area contributed by atoms with E-state index in [-0.39, 0.29) is 11.9 Å². The van der Waals surface area contributed by atoms with E-state index in [1.165, 1.54) is 4.81 Å². The SMILES string of the molecule is [B]N(C)CC(=C)NC(C)C(=O)N(C)CCCC. The van der Waals surface area contributed by atoms with Gasteiger partial charge in [0.15, 0.2) is 7.98 Å². The first-order valence-electron chi connectivity index (χ1n) is 6.03. The van der Waals surface area contributed by atoms with Gasteiger partial charge in [-0.1, -0.05) is 19.9 Å². The fraction of sp³-hybridized carbons (Fsp3) is 0.750. The molecular formula is C12H24BN3O. The Hall–Kier alpha value is -0.965. The Balaban J connectivity index is 4.08. The van der Waals surface area contributed by atoms with Gasteiger partial charge >= 0.3 is 0 Å². The number of likely N-dealkylation sites (N-methyl/N-ethyl adjacent to an activating group) is 2. The van der Waals surface area contributed by atoms with E-state index in [9.17, 15) is 4.79 Å². The van der Waals surface area contributed by atoms with Crippen LogP contribution in [0.15, 0.2) is 12.3 Å². The van der Waals surface area contributed by atoms with Crippen molar-refractivity contribution in [2.75, 3.05) is 27.2 Å². The molecule has 0 aromatic carbocycles. The quantitative estimate of drug-likeness (QED) is 0.633. The van der Waals surface area contributed by atoms with Gasteiger partial charge in [0.2, 0.25) is 5.91 Å². The lowest BCUT2D eigenvalue weighted by atomic mass is 10.2. The number of unbranched alkanes of at least 4 members (excludes halogenated alkanes) is 1. The van der Waals surface area contributed by atoms with Crippen LogP contribution >= 0.6 is 0 Å². The van der Waals surface area contributed by atoms with Crippen molar-refractivity contribution in [2.24, 2.45) is 0 Å². The molecule has 0 aliphatic rings. The van der Waals surface area contributed by atoms with E-state index < -0.39 is 0 Å². The summed E-state index contributed by atoms with van der Waals surface area (Å²) in [6.45, 7) is 9.11. The highest BCUT2D eigenvalue weighted by Crippen LogP contribution is 1.98. The zero-order valence-corrected chi connectivity index (χ0v) is 11.5. The molecule has 96 valence electrons. The molecule has 0 saturated carbocycles. The average molecular weight is 237 g/mol. The second-order valence-electron chi connectivity index (χ2n) is 4.50. The molecule has 0 aromatic rings. The van der Waals surface area contributed by atoms with Crippen molar-refractivity contribution < 1.29 is 4.79 Å². The van der Waals surface area contributed by atoms with Crippen LogP contribution < -0.4 is 5.32 Å². The smallest absolute Gasteiger partial charge is 0.244 e. The molecule has 0 aliphatic carbocycles. The minimum atomic E-state index is -0.260. The van der Waals surface area contributed by atoms with Gasteiger partial charge in [-0.05, 0) is 20.4 Å². The molecule has 17 heavy (non-hydrogen) atoms. The Morgan fingerprint density at radius 1 is 1.47 bits per heavy atom. The highest BCUT2D eigenvalue weighted by molar-refractivity contribution is 6.04. The Labute approximate surface area is 106 Å². The predicted octanol–water partition coefficient (Wildman–Crippen LogP) is 0.752. The number of hydrogen-bond donors (Lipinski definition) is 1. The van der Waals surface area contributed by atoms with Crippen LogP contribution in [0.25, 0.3) is 0 Å². The van der Waals surface area contributed by atoms with Crippen molar-refractivity contribution in [1.29, 1.82) is 0 Å². The lowest BCUT2D eigenvalue weighted by Crippen LogP contribution is -2.44. The van der Waals surface area contributed by atoms with Gasteiger partial charge in [0.05, 0.1) is 0 Å². The molecule has 0 fully saturated rings. The molecular weight excluding hydrogens is 213 g/mol. The van der Waals surface area contributed by atoms with Gasteiger partial charge in [-0.2, -0.15) is 0 Å². The summed E-state index contributed by atoms with van der Waals surface area (Å²) in [6.07, 6.45) is 2.12. The molecule has 1 amide bonds. The van der Waals surface area contributed by atoms with E-state index in [2.05, 4.69) is 18.8 Å². The lowest BCUT2D eigenvalue weighted by Gasteiger charge is -2.24. The molecule has 1 N–H and O–H groups in total. The normalized spacial score (nSPS) is 12.3. The maximum atomic E-state index is 11.9. The Morgan fingerprint density at radius 3 is 2.53 bits per heavy atom. The minimum absolute atomic E-state index is 0.0827. The van der Waals surface area contributed by atoms with Crippen molar-refractivity contribution in [1.82, 2.24) is 15.0 Å². The van der Waals surface area contributed by atoms with E-state index in [0.717, 1.165) is 25.1 Å². The highest BCUT2D eigenvalue weighted by atomic mass is 16.2. The van der Waals surface area contributed by atoms with Crippen molar-refractivity contribution in [3.8, 4) is 0 Å². The van der Waals surface area contributed by atoms with Crippen LogP contribution in [0.3, 0.4) is 0 Å². The number of amides is 1. The Kier molecular flexibility index (Phi) is 7.71. The van der Waals surface area contributed by atoms with Crippen LogP contribution in [0.5, 0.6) is 0 Å². The molecule has 0 heterocycles. The molecule has 0 bridgehead atoms. The van der Waals surface area contributed by atoms with Gasteiger partial charge in [-0.25, -0.2) is 0 Å². The molecule has 0 spiro atoms. The largest absolute Gasteiger partial charge is 0.377 e. The maximum Gasteiger partial charge on any atom is 0.244 e. The summed E-state index contributed by atoms with van der Waals surface area (Å²) in [4.78, 5) is 15.2. The summed E-state index contributed by atoms with van der Waals surface area (Å²) in [5, 5.41) is 3.06. The van der Waals surface area contributed by atoms with Gasteiger partial charge < -0.3 is 15.0 Å². The number of carbonyl (C=O) groups excluding carboxylic acids is 1. The number of nitrogens with one attached hydrogen (secondary N) is 1. The third-order valence-electron chi connectivity index (χ3n) is 2.45. The zero-order chi connectivity index (χ0) is 13.4. The number of rotatable bonds is 8. The van der Waals surface area contributed by atoms with Crippen molar-refractivity contribution in [3.63, 3.8) is 0 Å². The first kappa shape index (κ1) is 16.0. The summed E-state index contributed by atoms with van der Waals surface area (Å²) < 4.78 is 0. The topological polar surface area (TPSA) is 35.6 Å². The van der Waals surface area contributed by atoms with Crippen molar-refractivity contribution >= 4 is 13.9 Å². The molecule has 1 unspecified atom stereocenters. The van der Waals surface area contributed by atoms with Crippen LogP contribution in [0, 0.1) is 0 Å². The van der Waals surface area contributed by atoms with Crippen molar-refractivity contribution in [3.05, 3.63) is 12.3 Å². The van der Waals surface area contributed by atoms with Gasteiger partial charge in [-0.15, -0.1) is 0 Å². The predicted molar refractivity (Wildman–Crippen MR) is 72.7 cm³/mol. The van der Waals surface area contributed by atoms with Crippen LogP contribution in [-0.2, 0) is 4.79 Å². The Morgan fingerprint density at radius 2 is 2.06 bits per heavy atom. The molecule has 2 radical (unpaired) electrons. The van der Waals surface area contributed by atoms with Gasteiger partial charge in [0.25, 0.3) is 0 Å². The number of carbonyl (C=O) groups is 1. The standard InChI is InChI=1S/C12H24BN3O/c1-6-7-8-15(4)12(17)11(3)14-10(2)9-16(5)13/h11,14H,2,6-9H2,1,3-5H3. The van der Waals surface area contributed by atoms with Crippen molar-refractivity contribution in [2.45, 2.75) is 32.7 Å². The summed E-state index contributed by atoms with van der Waals surface area (Å²) in [7, 11) is 9.09. The van der Waals surface area contributed by atoms with Gasteiger partial charge in [0.1, 0.15) is 6.04 Å². The summed E-state index contributed by atoms with van der Waals surface area (Å²) in [5.74, 6) is 0.0827. The van der Waals surface area contributed by atoms with E-state index >= 15 is 0 Å². The van der Waals surface area contributed by atoms with Gasteiger partial charge in [0, 0.05) is 25.8 Å². The maximum absolute atomic E-state index is 11.9. The zero-order valence-electron chi connectivity index (χ0n) is 11.5. The van der Waals surface area contributed by atoms with Gasteiger partial charge in [-0.3, -0.25) is 4.79 Å². The average Bonchev–Trinajstić information content (AvgIpc) is 2.23. The highest BCUT2D eigenvalue weighted by Gasteiger charge is 2.16. The second kappa shape index (κ2) is 8.17. The second-order valence-corrected chi connectivity index (χ2v) is 4.50. The fourth-order valence-electron chi connectivity index (χ4n) is 1.55. The van der Waals surface area contributed by atoms with Crippen LogP contribution in [0.2, 0.25) is 0 Å². The summed E-state index contributed by atoms with van der Waals surface area (Å²) in [5.41, 5.74) is 0.750. The van der Waals surface area contributed by atoms with E-state index in [4.69, 9.17) is 7.98 Å². The fourth-order valence-corrected chi connectivity index (χ4v) is 1.55. The molecule has 1 atom stereocenters. The molecule has 5 heteroatoms. The Bertz CT molecular complexity index is 256. The third kappa shape index (κ3) is 7.05. The number of hydrogen-bond acceptors (Lipinski definition) is 3. The molecule has 0 rings (SSSR count). The molecule has 0 aliphatic heterocycles. The monoisotopic (exact) mass is 237 g/mol. The minimum Gasteiger partial charge on any atom is -0.377 e. The lowest BCUT2D eigenvalue weighted by molar-refractivity contribution is -0.131. The molecule has 4 nitrogen and oxygen atoms in total. The first-order chi connectivity index (χ1) is 7.88. The van der Waals surface area contributed by atoms with E-state index in [1.807, 2.05) is 14.0 Å². The summed E-state index contributed by atoms with van der Waals surface area (Å²) >= 11 is 0. The van der Waals surface area contributed by atoms with Crippen LogP contribution in [0.1, 0.15) is 26.7 Å². The first-order valence-corrected chi connectivity index (χ1v) is 6.03. The third-order valence-corrected chi connectivity index (χ3v) is 2.45. The van der Waals surface area contributed by atoms with Crippen LogP contribution in [-0.4, -0.2) is 56.8 Å². The summed E-state index contributed by atoms with van der Waals surface area (Å²) in [6, 6.07) is -0.260. The van der Waals surface area contributed by atoms with E-state index in [0.29, 0.717) is 6.54 Å². The number of nitrogens with zero attached hydrogens (tertiary/aromatic N) is 2. The van der Waals surface area contributed by atoms with E-state index in [1.54, 1.807) is 11.9 Å².